The number of carbonyl (C=O) groups is 1. The van der Waals surface area contributed by atoms with Crippen molar-refractivity contribution in [3.63, 3.8) is 0 Å². The van der Waals surface area contributed by atoms with Crippen LogP contribution in [0.25, 0.3) is 16.5 Å². The monoisotopic (exact) mass is 482 g/mol. The molecular formula is C28H23ClN4O2. The Morgan fingerprint density at radius 1 is 1.11 bits per heavy atom. The van der Waals surface area contributed by atoms with Gasteiger partial charge in [0.25, 0.3) is 5.91 Å². The number of allylic oxidation sites excluding steroid dienone is 2. The SMILES string of the molecule is O=C(N/N=C/c1cccc2c1ccn2CC1=CNCC(c2ccccc2)=C1)c1ccc(O)c(Cl)c1. The zero-order chi connectivity index (χ0) is 24.2. The van der Waals surface area contributed by atoms with Gasteiger partial charge in [0.05, 0.1) is 11.2 Å². The van der Waals surface area contributed by atoms with Crippen molar-refractivity contribution in [2.24, 2.45) is 5.10 Å². The molecule has 0 aliphatic carbocycles. The molecule has 1 aliphatic heterocycles. The number of rotatable bonds is 6. The van der Waals surface area contributed by atoms with Crippen LogP contribution in [0, 0.1) is 0 Å². The van der Waals surface area contributed by atoms with Crippen molar-refractivity contribution in [2.75, 3.05) is 6.54 Å². The number of aromatic hydroxyl groups is 1. The summed E-state index contributed by atoms with van der Waals surface area (Å²) in [6, 6.07) is 22.7. The quantitative estimate of drug-likeness (QED) is 0.256. The smallest absolute Gasteiger partial charge is 0.271 e. The summed E-state index contributed by atoms with van der Waals surface area (Å²) in [6.07, 6.45) is 7.99. The molecule has 3 aromatic carbocycles. The molecule has 35 heavy (non-hydrogen) atoms. The summed E-state index contributed by atoms with van der Waals surface area (Å²) >= 11 is 5.88. The van der Waals surface area contributed by atoms with Gasteiger partial charge in [-0.25, -0.2) is 5.43 Å². The van der Waals surface area contributed by atoms with E-state index in [-0.39, 0.29) is 10.8 Å². The number of halogens is 1. The van der Waals surface area contributed by atoms with Crippen molar-refractivity contribution in [3.8, 4) is 5.75 Å². The fourth-order valence-electron chi connectivity index (χ4n) is 4.10. The minimum Gasteiger partial charge on any atom is -0.506 e. The van der Waals surface area contributed by atoms with Crippen LogP contribution in [0.5, 0.6) is 5.75 Å². The van der Waals surface area contributed by atoms with Crippen LogP contribution in [0.15, 0.2) is 102 Å². The zero-order valence-corrected chi connectivity index (χ0v) is 19.5. The van der Waals surface area contributed by atoms with E-state index in [1.165, 1.54) is 34.9 Å². The largest absolute Gasteiger partial charge is 0.506 e. The average Bonchev–Trinajstić information content (AvgIpc) is 3.30. The van der Waals surface area contributed by atoms with E-state index in [9.17, 15) is 9.90 Å². The van der Waals surface area contributed by atoms with Gasteiger partial charge in [-0.1, -0.05) is 60.1 Å². The second-order valence-corrected chi connectivity index (χ2v) is 8.63. The summed E-state index contributed by atoms with van der Waals surface area (Å²) in [4.78, 5) is 12.3. The Balaban J connectivity index is 1.32. The highest BCUT2D eigenvalue weighted by atomic mass is 35.5. The van der Waals surface area contributed by atoms with Crippen molar-refractivity contribution in [1.29, 1.82) is 0 Å². The summed E-state index contributed by atoms with van der Waals surface area (Å²) in [5, 5.41) is 18.2. The Hall–Kier alpha value is -4.29. The molecule has 0 unspecified atom stereocenters. The maximum Gasteiger partial charge on any atom is 0.271 e. The molecular weight excluding hydrogens is 460 g/mol. The highest BCUT2D eigenvalue weighted by Crippen LogP contribution is 2.25. The number of benzene rings is 3. The summed E-state index contributed by atoms with van der Waals surface area (Å²) < 4.78 is 2.20. The van der Waals surface area contributed by atoms with Gasteiger partial charge < -0.3 is 15.0 Å². The maximum atomic E-state index is 12.3. The number of dihydropyridines is 1. The zero-order valence-electron chi connectivity index (χ0n) is 18.8. The van der Waals surface area contributed by atoms with Crippen molar-refractivity contribution in [1.82, 2.24) is 15.3 Å². The van der Waals surface area contributed by atoms with Gasteiger partial charge in [-0.05, 0) is 47.0 Å². The molecule has 0 spiro atoms. The standard InChI is InChI=1S/C28H23ClN4O2/c29-25-14-21(9-10-27(25)34)28(35)32-31-17-22-7-4-8-26-24(22)11-12-33(26)18-19-13-23(16-30-15-19)20-5-2-1-3-6-20/h1-15,17,30,34H,16,18H2,(H,32,35)/b31-17+. The average molecular weight is 483 g/mol. The Morgan fingerprint density at radius 3 is 2.80 bits per heavy atom. The van der Waals surface area contributed by atoms with Crippen molar-refractivity contribution < 1.29 is 9.90 Å². The lowest BCUT2D eigenvalue weighted by molar-refractivity contribution is 0.0955. The van der Waals surface area contributed by atoms with Gasteiger partial charge >= 0.3 is 0 Å². The van der Waals surface area contributed by atoms with Gasteiger partial charge in [-0.2, -0.15) is 5.10 Å². The summed E-state index contributed by atoms with van der Waals surface area (Å²) in [7, 11) is 0. The van der Waals surface area contributed by atoms with E-state index in [0.717, 1.165) is 29.6 Å². The molecule has 0 radical (unpaired) electrons. The van der Waals surface area contributed by atoms with Crippen LogP contribution < -0.4 is 10.7 Å². The van der Waals surface area contributed by atoms with Crippen LogP contribution in [0.1, 0.15) is 21.5 Å². The van der Waals surface area contributed by atoms with Gasteiger partial charge in [0, 0.05) is 47.5 Å². The third-order valence-corrected chi connectivity index (χ3v) is 6.17. The van der Waals surface area contributed by atoms with Gasteiger partial charge in [0.1, 0.15) is 5.75 Å². The topological polar surface area (TPSA) is 78.7 Å². The van der Waals surface area contributed by atoms with E-state index in [1.807, 2.05) is 18.2 Å². The van der Waals surface area contributed by atoms with Gasteiger partial charge in [-0.15, -0.1) is 0 Å². The number of hydrogen-bond acceptors (Lipinski definition) is 4. The molecule has 0 atom stereocenters. The fourth-order valence-corrected chi connectivity index (χ4v) is 4.29. The molecule has 0 saturated carbocycles. The number of nitrogens with zero attached hydrogens (tertiary/aromatic N) is 2. The molecule has 3 N–H and O–H groups in total. The third-order valence-electron chi connectivity index (χ3n) is 5.86. The number of carbonyl (C=O) groups excluding carboxylic acids is 1. The lowest BCUT2D eigenvalue weighted by atomic mass is 10.0. The number of phenolic OH excluding ortho intramolecular Hbond substituents is 1. The second kappa shape index (κ2) is 9.91. The van der Waals surface area contributed by atoms with E-state index < -0.39 is 5.91 Å². The van der Waals surface area contributed by atoms with E-state index >= 15 is 0 Å². The van der Waals surface area contributed by atoms with Crippen LogP contribution in [-0.4, -0.2) is 28.3 Å². The molecule has 6 nitrogen and oxygen atoms in total. The molecule has 174 valence electrons. The van der Waals surface area contributed by atoms with E-state index in [2.05, 4.69) is 75.3 Å². The van der Waals surface area contributed by atoms with Crippen molar-refractivity contribution >= 4 is 40.2 Å². The minimum atomic E-state index is -0.411. The molecule has 0 bridgehead atoms. The second-order valence-electron chi connectivity index (χ2n) is 8.22. The third kappa shape index (κ3) is 4.98. The first-order valence-electron chi connectivity index (χ1n) is 11.2. The first kappa shape index (κ1) is 22.5. The number of nitrogens with one attached hydrogen (secondary N) is 2. The number of hydrazone groups is 1. The van der Waals surface area contributed by atoms with Crippen LogP contribution in [0.2, 0.25) is 5.02 Å². The molecule has 7 heteroatoms. The Labute approximate surface area is 207 Å². The number of fused-ring (bicyclic) bond motifs is 1. The highest BCUT2D eigenvalue weighted by Gasteiger charge is 2.11. The van der Waals surface area contributed by atoms with Gasteiger partial charge in [-0.3, -0.25) is 4.79 Å². The number of hydrogen-bond donors (Lipinski definition) is 3. The van der Waals surface area contributed by atoms with Crippen molar-refractivity contribution in [2.45, 2.75) is 6.54 Å². The number of phenols is 1. The van der Waals surface area contributed by atoms with Crippen LogP contribution in [0.3, 0.4) is 0 Å². The van der Waals surface area contributed by atoms with E-state index in [4.69, 9.17) is 11.6 Å². The Bertz CT molecular complexity index is 1490. The molecule has 1 aromatic heterocycles. The molecule has 5 rings (SSSR count). The highest BCUT2D eigenvalue weighted by molar-refractivity contribution is 6.32. The molecule has 4 aromatic rings. The van der Waals surface area contributed by atoms with E-state index in [0.29, 0.717) is 5.56 Å². The first-order valence-corrected chi connectivity index (χ1v) is 11.5. The fraction of sp³-hybridized carbons (Fsp3) is 0.0714. The summed E-state index contributed by atoms with van der Waals surface area (Å²) in [5.74, 6) is -0.486. The molecule has 1 aliphatic rings. The van der Waals surface area contributed by atoms with Gasteiger partial charge in [0.15, 0.2) is 0 Å². The van der Waals surface area contributed by atoms with Crippen LogP contribution in [0.4, 0.5) is 0 Å². The van der Waals surface area contributed by atoms with Crippen molar-refractivity contribution in [3.05, 3.63) is 119 Å². The maximum absolute atomic E-state index is 12.3. The lowest BCUT2D eigenvalue weighted by Gasteiger charge is -2.17. The molecule has 0 saturated heterocycles. The predicted molar refractivity (Wildman–Crippen MR) is 141 cm³/mol. The van der Waals surface area contributed by atoms with Crippen LogP contribution >= 0.6 is 11.6 Å². The predicted octanol–water partition coefficient (Wildman–Crippen LogP) is 5.33. The number of aromatic nitrogens is 1. The van der Waals surface area contributed by atoms with Crippen LogP contribution in [-0.2, 0) is 6.54 Å². The van der Waals surface area contributed by atoms with E-state index in [1.54, 1.807) is 6.21 Å². The number of amides is 1. The minimum absolute atomic E-state index is 0.0746. The Kier molecular flexibility index (Phi) is 6.37. The first-order chi connectivity index (χ1) is 17.1. The summed E-state index contributed by atoms with van der Waals surface area (Å²) in [6.45, 7) is 1.54. The lowest BCUT2D eigenvalue weighted by Crippen LogP contribution is -2.17. The summed E-state index contributed by atoms with van der Waals surface area (Å²) in [5.41, 5.74) is 8.46. The molecule has 1 amide bonds. The molecule has 2 heterocycles. The molecule has 0 fully saturated rings. The Morgan fingerprint density at radius 2 is 1.97 bits per heavy atom. The van der Waals surface area contributed by atoms with Gasteiger partial charge in [0.2, 0.25) is 0 Å². The normalized spacial score (nSPS) is 13.4.